The molecule has 2 atom stereocenters. The zero-order chi connectivity index (χ0) is 17.0. The Hall–Kier alpha value is -0.0800. The van der Waals surface area contributed by atoms with Crippen molar-refractivity contribution in [1.29, 1.82) is 0 Å². The molecule has 0 aliphatic carbocycles. The van der Waals surface area contributed by atoms with Gasteiger partial charge in [-0.2, -0.15) is 0 Å². The molecule has 3 aliphatic heterocycles. The number of hydrogen-bond acceptors (Lipinski definition) is 3. The third-order valence-corrected chi connectivity index (χ3v) is 5.91. The van der Waals surface area contributed by atoms with Gasteiger partial charge in [-0.25, -0.2) is 0 Å². The maximum absolute atomic E-state index is 5.65. The molecule has 5 nitrogen and oxygen atoms in total. The number of guanidine groups is 1. The fourth-order valence-corrected chi connectivity index (χ4v) is 4.66. The summed E-state index contributed by atoms with van der Waals surface area (Å²) in [5.74, 6) is 2.61. The predicted molar refractivity (Wildman–Crippen MR) is 115 cm³/mol. The van der Waals surface area contributed by atoms with Crippen molar-refractivity contribution >= 4 is 29.9 Å². The van der Waals surface area contributed by atoms with E-state index in [9.17, 15) is 0 Å². The third kappa shape index (κ3) is 5.70. The predicted octanol–water partition coefficient (Wildman–Crippen LogP) is 2.66. The molecule has 3 rings (SSSR count). The summed E-state index contributed by atoms with van der Waals surface area (Å²) >= 11 is 0. The first-order chi connectivity index (χ1) is 11.6. The van der Waals surface area contributed by atoms with E-state index in [0.29, 0.717) is 5.41 Å². The molecule has 0 radical (unpaired) electrons. The highest BCUT2D eigenvalue weighted by atomic mass is 127. The van der Waals surface area contributed by atoms with Crippen LogP contribution in [-0.2, 0) is 4.74 Å². The van der Waals surface area contributed by atoms with E-state index in [1.165, 1.54) is 45.3 Å². The summed E-state index contributed by atoms with van der Waals surface area (Å²) < 4.78 is 5.65. The standard InChI is InChI=1S/C19H36N4O.HI/c1-16(2)12-22-8-4-5-17(13-22)11-21-18(20-3)23-9-6-19(14-23)7-10-24-15-19;/h16-17H,4-15H2,1-3H3,(H,20,21);1H. The summed E-state index contributed by atoms with van der Waals surface area (Å²) in [6.07, 6.45) is 5.14. The molecule has 0 amide bonds. The minimum Gasteiger partial charge on any atom is -0.381 e. The van der Waals surface area contributed by atoms with Gasteiger partial charge in [0.15, 0.2) is 5.96 Å². The number of rotatable bonds is 4. The maximum atomic E-state index is 5.65. The lowest BCUT2D eigenvalue weighted by molar-refractivity contribution is 0.155. The molecule has 2 unspecified atom stereocenters. The fraction of sp³-hybridized carbons (Fsp3) is 0.947. The third-order valence-electron chi connectivity index (χ3n) is 5.91. The number of halogens is 1. The lowest BCUT2D eigenvalue weighted by Crippen LogP contribution is -2.46. The number of nitrogens with one attached hydrogen (secondary N) is 1. The molecule has 3 heterocycles. The molecule has 0 bridgehead atoms. The molecule has 0 aromatic rings. The first-order valence-corrected chi connectivity index (χ1v) is 9.86. The van der Waals surface area contributed by atoms with Gasteiger partial charge in [-0.3, -0.25) is 4.99 Å². The topological polar surface area (TPSA) is 40.1 Å². The van der Waals surface area contributed by atoms with Crippen LogP contribution in [0.25, 0.3) is 0 Å². The van der Waals surface area contributed by atoms with Gasteiger partial charge in [0.05, 0.1) is 6.61 Å². The largest absolute Gasteiger partial charge is 0.381 e. The smallest absolute Gasteiger partial charge is 0.193 e. The van der Waals surface area contributed by atoms with E-state index in [1.807, 2.05) is 7.05 Å². The van der Waals surface area contributed by atoms with Crippen LogP contribution >= 0.6 is 24.0 Å². The highest BCUT2D eigenvalue weighted by molar-refractivity contribution is 14.0. The Bertz CT molecular complexity index is 437. The Kier molecular flexibility index (Phi) is 8.27. The van der Waals surface area contributed by atoms with Crippen LogP contribution in [0.1, 0.15) is 39.5 Å². The average molecular weight is 464 g/mol. The van der Waals surface area contributed by atoms with Crippen molar-refractivity contribution in [3.8, 4) is 0 Å². The maximum Gasteiger partial charge on any atom is 0.193 e. The molecule has 1 N–H and O–H groups in total. The minimum absolute atomic E-state index is 0. The van der Waals surface area contributed by atoms with Crippen LogP contribution in [0, 0.1) is 17.3 Å². The number of piperidine rings is 1. The van der Waals surface area contributed by atoms with Crippen LogP contribution < -0.4 is 5.32 Å². The van der Waals surface area contributed by atoms with Crippen LogP contribution in [0.15, 0.2) is 4.99 Å². The van der Waals surface area contributed by atoms with E-state index in [2.05, 4.69) is 34.0 Å². The van der Waals surface area contributed by atoms with Crippen molar-refractivity contribution < 1.29 is 4.74 Å². The molecule has 0 aromatic heterocycles. The molecule has 3 saturated heterocycles. The fourth-order valence-electron chi connectivity index (χ4n) is 4.66. The Morgan fingerprint density at radius 1 is 1.32 bits per heavy atom. The minimum atomic E-state index is 0. The molecular formula is C19H37IN4O. The summed E-state index contributed by atoms with van der Waals surface area (Å²) in [6, 6.07) is 0. The number of ether oxygens (including phenoxy) is 1. The second-order valence-corrected chi connectivity index (χ2v) is 8.56. The van der Waals surface area contributed by atoms with Gasteiger partial charge in [0.2, 0.25) is 0 Å². The van der Waals surface area contributed by atoms with Gasteiger partial charge in [0, 0.05) is 51.8 Å². The second-order valence-electron chi connectivity index (χ2n) is 8.56. The van der Waals surface area contributed by atoms with Crippen molar-refractivity contribution in [3.05, 3.63) is 0 Å². The molecule has 3 aliphatic rings. The van der Waals surface area contributed by atoms with E-state index >= 15 is 0 Å². The van der Waals surface area contributed by atoms with E-state index in [4.69, 9.17) is 4.74 Å². The molecule has 146 valence electrons. The number of likely N-dealkylation sites (tertiary alicyclic amines) is 2. The summed E-state index contributed by atoms with van der Waals surface area (Å²) in [5.41, 5.74) is 0.399. The Balaban J connectivity index is 0.00000225. The number of aliphatic imine (C=N–C) groups is 1. The van der Waals surface area contributed by atoms with Gasteiger partial charge in [-0.1, -0.05) is 13.8 Å². The van der Waals surface area contributed by atoms with Gasteiger partial charge >= 0.3 is 0 Å². The zero-order valence-corrected chi connectivity index (χ0v) is 18.6. The van der Waals surface area contributed by atoms with Crippen LogP contribution in [-0.4, -0.2) is 75.3 Å². The first kappa shape index (κ1) is 21.2. The summed E-state index contributed by atoms with van der Waals surface area (Å²) in [7, 11) is 1.92. The highest BCUT2D eigenvalue weighted by Crippen LogP contribution is 2.38. The molecule has 0 aromatic carbocycles. The lowest BCUT2D eigenvalue weighted by atomic mass is 9.87. The van der Waals surface area contributed by atoms with Gasteiger partial charge in [0.1, 0.15) is 0 Å². The summed E-state index contributed by atoms with van der Waals surface area (Å²) in [5, 5.41) is 3.67. The normalized spacial score (nSPS) is 31.0. The summed E-state index contributed by atoms with van der Waals surface area (Å²) in [4.78, 5) is 9.64. The number of hydrogen-bond donors (Lipinski definition) is 1. The molecule has 25 heavy (non-hydrogen) atoms. The van der Waals surface area contributed by atoms with Gasteiger partial charge in [-0.15, -0.1) is 24.0 Å². The van der Waals surface area contributed by atoms with Crippen molar-refractivity contribution in [2.75, 3.05) is 59.5 Å². The van der Waals surface area contributed by atoms with Crippen LogP contribution in [0.3, 0.4) is 0 Å². The van der Waals surface area contributed by atoms with E-state index < -0.39 is 0 Å². The lowest BCUT2D eigenvalue weighted by Gasteiger charge is -2.34. The highest BCUT2D eigenvalue weighted by Gasteiger charge is 2.42. The van der Waals surface area contributed by atoms with Gasteiger partial charge in [0.25, 0.3) is 0 Å². The van der Waals surface area contributed by atoms with Gasteiger partial charge < -0.3 is 19.9 Å². The van der Waals surface area contributed by atoms with Crippen LogP contribution in [0.5, 0.6) is 0 Å². The quantitative estimate of drug-likeness (QED) is 0.395. The Morgan fingerprint density at radius 3 is 2.84 bits per heavy atom. The summed E-state index contributed by atoms with van der Waals surface area (Å²) in [6.45, 7) is 13.5. The molecule has 0 saturated carbocycles. The van der Waals surface area contributed by atoms with Crippen molar-refractivity contribution in [3.63, 3.8) is 0 Å². The zero-order valence-electron chi connectivity index (χ0n) is 16.3. The Labute approximate surface area is 171 Å². The van der Waals surface area contributed by atoms with E-state index in [1.54, 1.807) is 0 Å². The van der Waals surface area contributed by atoms with E-state index in [-0.39, 0.29) is 24.0 Å². The average Bonchev–Trinajstić information content (AvgIpc) is 3.18. The Morgan fingerprint density at radius 2 is 2.16 bits per heavy atom. The second kappa shape index (κ2) is 9.74. The molecule has 6 heteroatoms. The van der Waals surface area contributed by atoms with E-state index in [0.717, 1.165) is 50.6 Å². The van der Waals surface area contributed by atoms with Crippen molar-refractivity contribution in [1.82, 2.24) is 15.1 Å². The molecule has 3 fully saturated rings. The van der Waals surface area contributed by atoms with Crippen molar-refractivity contribution in [2.45, 2.75) is 39.5 Å². The number of nitrogens with zero attached hydrogens (tertiary/aromatic N) is 3. The van der Waals surface area contributed by atoms with Gasteiger partial charge in [-0.05, 0) is 44.1 Å². The first-order valence-electron chi connectivity index (χ1n) is 9.86. The monoisotopic (exact) mass is 464 g/mol. The van der Waals surface area contributed by atoms with Crippen LogP contribution in [0.4, 0.5) is 0 Å². The molecule has 1 spiro atoms. The SMILES string of the molecule is CN=C(NCC1CCCN(CC(C)C)C1)N1CCC2(CCOC2)C1.I. The van der Waals surface area contributed by atoms with Crippen LogP contribution in [0.2, 0.25) is 0 Å². The van der Waals surface area contributed by atoms with Crippen molar-refractivity contribution in [2.24, 2.45) is 22.2 Å². The molecular weight excluding hydrogens is 427 g/mol.